The van der Waals surface area contributed by atoms with E-state index >= 15 is 0 Å². The van der Waals surface area contributed by atoms with Crippen molar-refractivity contribution >= 4 is 0 Å². The number of hydrogen-bond donors (Lipinski definition) is 1. The molecule has 0 fully saturated rings. The molecule has 0 spiro atoms. The maximum Gasteiger partial charge on any atom is 0.121 e. The largest absolute Gasteiger partial charge is 0.507 e. The summed E-state index contributed by atoms with van der Waals surface area (Å²) in [5.41, 5.74) is 2.03. The molecule has 0 radical (unpaired) electrons. The van der Waals surface area contributed by atoms with E-state index in [0.717, 1.165) is 17.5 Å². The van der Waals surface area contributed by atoms with E-state index in [-0.39, 0.29) is 0 Å². The number of phenolic OH excluding ortho intramolecular Hbond substituents is 1. The van der Waals surface area contributed by atoms with Gasteiger partial charge in [-0.05, 0) is 30.4 Å². The van der Waals surface area contributed by atoms with Crippen molar-refractivity contribution in [1.82, 2.24) is 0 Å². The molecule has 1 unspecified atom stereocenters. The average Bonchev–Trinajstić information content (AvgIpc) is 2.08. The molecule has 1 atom stereocenters. The van der Waals surface area contributed by atoms with Crippen LogP contribution in [-0.4, -0.2) is 5.11 Å². The van der Waals surface area contributed by atoms with Gasteiger partial charge in [0.1, 0.15) is 5.75 Å². The first-order valence-electron chi connectivity index (χ1n) is 4.45. The molecule has 1 aromatic carbocycles. The van der Waals surface area contributed by atoms with Gasteiger partial charge >= 0.3 is 0 Å². The smallest absolute Gasteiger partial charge is 0.121 e. The minimum atomic E-state index is 0.449. The van der Waals surface area contributed by atoms with Crippen LogP contribution in [0, 0.1) is 6.92 Å². The first-order valence-corrected chi connectivity index (χ1v) is 4.45. The molecule has 1 heteroatoms. The van der Waals surface area contributed by atoms with E-state index < -0.39 is 0 Å². The molecule has 12 heavy (non-hydrogen) atoms. The topological polar surface area (TPSA) is 20.2 Å². The van der Waals surface area contributed by atoms with E-state index in [0.29, 0.717) is 11.7 Å². The highest BCUT2D eigenvalue weighted by atomic mass is 16.3. The molecule has 1 rings (SSSR count). The van der Waals surface area contributed by atoms with Crippen molar-refractivity contribution < 1.29 is 5.11 Å². The standard InChI is InChI=1S/C11H16O/c1-4-8(2)10-7-5-6-9(3)11(10)12/h5-8,12H,4H2,1-3H3. The van der Waals surface area contributed by atoms with Crippen molar-refractivity contribution in [1.29, 1.82) is 0 Å². The van der Waals surface area contributed by atoms with Crippen LogP contribution in [0.1, 0.15) is 37.3 Å². The van der Waals surface area contributed by atoms with Crippen molar-refractivity contribution in [2.24, 2.45) is 0 Å². The number of phenols is 1. The molecule has 0 aliphatic carbocycles. The fourth-order valence-electron chi connectivity index (χ4n) is 1.30. The van der Waals surface area contributed by atoms with Crippen LogP contribution in [0.5, 0.6) is 5.75 Å². The number of rotatable bonds is 2. The summed E-state index contributed by atoms with van der Waals surface area (Å²) < 4.78 is 0. The monoisotopic (exact) mass is 164 g/mol. The second kappa shape index (κ2) is 3.61. The zero-order chi connectivity index (χ0) is 9.14. The molecular weight excluding hydrogens is 148 g/mol. The normalized spacial score (nSPS) is 12.9. The van der Waals surface area contributed by atoms with Gasteiger partial charge in [-0.3, -0.25) is 0 Å². The number of hydrogen-bond acceptors (Lipinski definition) is 1. The highest BCUT2D eigenvalue weighted by molar-refractivity contribution is 5.41. The third-order valence-electron chi connectivity index (χ3n) is 2.41. The Morgan fingerprint density at radius 2 is 2.08 bits per heavy atom. The number of aromatic hydroxyl groups is 1. The Morgan fingerprint density at radius 3 is 2.67 bits per heavy atom. The van der Waals surface area contributed by atoms with Crippen molar-refractivity contribution in [3.63, 3.8) is 0 Å². The van der Waals surface area contributed by atoms with Crippen molar-refractivity contribution in [3.8, 4) is 5.75 Å². The Morgan fingerprint density at radius 1 is 1.42 bits per heavy atom. The van der Waals surface area contributed by atoms with Gasteiger partial charge < -0.3 is 5.11 Å². The fourth-order valence-corrected chi connectivity index (χ4v) is 1.30. The van der Waals surface area contributed by atoms with Gasteiger partial charge in [0.05, 0.1) is 0 Å². The summed E-state index contributed by atoms with van der Waals surface area (Å²) in [6.45, 7) is 6.20. The Kier molecular flexibility index (Phi) is 2.74. The molecule has 0 aromatic heterocycles. The maximum atomic E-state index is 9.70. The second-order valence-corrected chi connectivity index (χ2v) is 3.32. The van der Waals surface area contributed by atoms with Crippen LogP contribution < -0.4 is 0 Å². The van der Waals surface area contributed by atoms with E-state index in [2.05, 4.69) is 13.8 Å². The first-order chi connectivity index (χ1) is 5.66. The van der Waals surface area contributed by atoms with Gasteiger partial charge in [-0.1, -0.05) is 32.0 Å². The van der Waals surface area contributed by atoms with Gasteiger partial charge in [-0.15, -0.1) is 0 Å². The van der Waals surface area contributed by atoms with Gasteiger partial charge in [0.25, 0.3) is 0 Å². The number of para-hydroxylation sites is 1. The lowest BCUT2D eigenvalue weighted by Gasteiger charge is -2.12. The molecule has 0 heterocycles. The number of benzene rings is 1. The third-order valence-corrected chi connectivity index (χ3v) is 2.41. The third kappa shape index (κ3) is 1.60. The van der Waals surface area contributed by atoms with Crippen molar-refractivity contribution in [2.45, 2.75) is 33.1 Å². The Balaban J connectivity index is 3.07. The summed E-state index contributed by atoms with van der Waals surface area (Å²) in [4.78, 5) is 0. The molecule has 0 saturated heterocycles. The predicted molar refractivity (Wildman–Crippen MR) is 51.5 cm³/mol. The van der Waals surface area contributed by atoms with E-state index in [9.17, 15) is 5.11 Å². The average molecular weight is 164 g/mol. The fraction of sp³-hybridized carbons (Fsp3) is 0.455. The molecule has 1 aromatic rings. The molecule has 0 saturated carbocycles. The van der Waals surface area contributed by atoms with E-state index in [4.69, 9.17) is 0 Å². The van der Waals surface area contributed by atoms with E-state index in [1.54, 1.807) is 0 Å². The highest BCUT2D eigenvalue weighted by Crippen LogP contribution is 2.29. The van der Waals surface area contributed by atoms with Crippen LogP contribution in [0.3, 0.4) is 0 Å². The van der Waals surface area contributed by atoms with Gasteiger partial charge in [0, 0.05) is 0 Å². The lowest BCUT2D eigenvalue weighted by molar-refractivity contribution is 0.458. The van der Waals surface area contributed by atoms with Crippen LogP contribution in [-0.2, 0) is 0 Å². The summed E-state index contributed by atoms with van der Waals surface area (Å²) in [5, 5.41) is 9.70. The Hall–Kier alpha value is -0.980. The molecular formula is C11H16O. The quantitative estimate of drug-likeness (QED) is 0.711. The maximum absolute atomic E-state index is 9.70. The number of aryl methyl sites for hydroxylation is 1. The molecule has 0 aliphatic rings. The van der Waals surface area contributed by atoms with Gasteiger partial charge in [0.15, 0.2) is 0 Å². The van der Waals surface area contributed by atoms with Gasteiger partial charge in [0.2, 0.25) is 0 Å². The second-order valence-electron chi connectivity index (χ2n) is 3.32. The SMILES string of the molecule is CCC(C)c1cccc(C)c1O. The van der Waals surface area contributed by atoms with Gasteiger partial charge in [-0.25, -0.2) is 0 Å². The molecule has 66 valence electrons. The van der Waals surface area contributed by atoms with E-state index in [1.165, 1.54) is 0 Å². The first kappa shape index (κ1) is 9.11. The molecule has 0 amide bonds. The molecule has 1 nitrogen and oxygen atoms in total. The summed E-state index contributed by atoms with van der Waals surface area (Å²) in [6.07, 6.45) is 1.07. The minimum Gasteiger partial charge on any atom is -0.507 e. The molecule has 1 N–H and O–H groups in total. The molecule has 0 aliphatic heterocycles. The van der Waals surface area contributed by atoms with Gasteiger partial charge in [-0.2, -0.15) is 0 Å². The summed E-state index contributed by atoms with van der Waals surface area (Å²) >= 11 is 0. The van der Waals surface area contributed by atoms with Crippen molar-refractivity contribution in [2.75, 3.05) is 0 Å². The van der Waals surface area contributed by atoms with Crippen molar-refractivity contribution in [3.05, 3.63) is 29.3 Å². The zero-order valence-electron chi connectivity index (χ0n) is 7.96. The Bertz CT molecular complexity index is 266. The minimum absolute atomic E-state index is 0.449. The van der Waals surface area contributed by atoms with Crippen LogP contribution in [0.15, 0.2) is 18.2 Å². The van der Waals surface area contributed by atoms with Crippen LogP contribution in [0.4, 0.5) is 0 Å². The van der Waals surface area contributed by atoms with Crippen LogP contribution >= 0.6 is 0 Å². The lowest BCUT2D eigenvalue weighted by Crippen LogP contribution is -1.92. The highest BCUT2D eigenvalue weighted by Gasteiger charge is 2.08. The molecule has 0 bridgehead atoms. The summed E-state index contributed by atoms with van der Waals surface area (Å²) in [7, 11) is 0. The van der Waals surface area contributed by atoms with E-state index in [1.807, 2.05) is 25.1 Å². The van der Waals surface area contributed by atoms with Crippen LogP contribution in [0.25, 0.3) is 0 Å². The van der Waals surface area contributed by atoms with Crippen LogP contribution in [0.2, 0.25) is 0 Å². The predicted octanol–water partition coefficient (Wildman–Crippen LogP) is 3.21. The lowest BCUT2D eigenvalue weighted by atomic mass is 9.96. The summed E-state index contributed by atoms with van der Waals surface area (Å²) in [6, 6.07) is 5.92. The summed E-state index contributed by atoms with van der Waals surface area (Å²) in [5.74, 6) is 0.914. The zero-order valence-corrected chi connectivity index (χ0v) is 7.96. The Labute approximate surface area is 74.1 Å².